The first-order valence-electron chi connectivity index (χ1n) is 6.13. The van der Waals surface area contributed by atoms with Crippen molar-refractivity contribution in [3.05, 3.63) is 35.4 Å². The largest absolute Gasteiger partial charge is 0.394 e. The van der Waals surface area contributed by atoms with E-state index in [2.05, 4.69) is 30.4 Å². The Morgan fingerprint density at radius 1 is 1.29 bits per heavy atom. The van der Waals surface area contributed by atoms with Crippen LogP contribution >= 0.6 is 0 Å². The molecule has 0 radical (unpaired) electrons. The van der Waals surface area contributed by atoms with E-state index in [0.717, 1.165) is 0 Å². The molecule has 3 heteroatoms. The van der Waals surface area contributed by atoms with E-state index in [9.17, 15) is 10.2 Å². The maximum absolute atomic E-state index is 9.40. The summed E-state index contributed by atoms with van der Waals surface area (Å²) < 4.78 is 0. The van der Waals surface area contributed by atoms with Crippen LogP contribution in [0.3, 0.4) is 0 Å². The van der Waals surface area contributed by atoms with Gasteiger partial charge in [0.05, 0.1) is 18.8 Å². The van der Waals surface area contributed by atoms with Crippen LogP contribution in [0.2, 0.25) is 0 Å². The summed E-state index contributed by atoms with van der Waals surface area (Å²) in [6.07, 6.45) is 0.691. The Labute approximate surface area is 103 Å². The van der Waals surface area contributed by atoms with Crippen molar-refractivity contribution in [1.82, 2.24) is 5.32 Å². The van der Waals surface area contributed by atoms with Gasteiger partial charge in [-0.3, -0.25) is 0 Å². The molecule has 0 heterocycles. The summed E-state index contributed by atoms with van der Waals surface area (Å²) >= 11 is 0. The van der Waals surface area contributed by atoms with Crippen LogP contribution in [-0.4, -0.2) is 29.0 Å². The highest BCUT2D eigenvalue weighted by molar-refractivity contribution is 5.25. The smallest absolute Gasteiger partial charge is 0.0650 e. The molecule has 17 heavy (non-hydrogen) atoms. The van der Waals surface area contributed by atoms with Gasteiger partial charge in [-0.15, -0.1) is 0 Å². The predicted molar refractivity (Wildman–Crippen MR) is 69.9 cm³/mol. The van der Waals surface area contributed by atoms with Gasteiger partial charge in [0, 0.05) is 6.04 Å². The average molecular weight is 237 g/mol. The van der Waals surface area contributed by atoms with Gasteiger partial charge in [0.15, 0.2) is 0 Å². The Kier molecular flexibility index (Phi) is 5.12. The molecule has 0 spiro atoms. The third-order valence-electron chi connectivity index (χ3n) is 3.35. The summed E-state index contributed by atoms with van der Waals surface area (Å²) in [5.41, 5.74) is 1.79. The van der Waals surface area contributed by atoms with Gasteiger partial charge >= 0.3 is 0 Å². The predicted octanol–water partition coefficient (Wildman–Crippen LogP) is 1.78. The van der Waals surface area contributed by atoms with Gasteiger partial charge < -0.3 is 15.5 Å². The molecule has 1 aromatic rings. The van der Waals surface area contributed by atoms with E-state index in [1.54, 1.807) is 0 Å². The standard InChI is InChI=1S/C14H23NO2/c1-4-14(9-16,10-17)15-12(3)13-7-5-6-11(2)8-13/h5-8,12,15-17H,4,9-10H2,1-3H3. The number of benzene rings is 1. The van der Waals surface area contributed by atoms with Gasteiger partial charge in [-0.1, -0.05) is 36.8 Å². The van der Waals surface area contributed by atoms with Crippen LogP contribution in [0, 0.1) is 6.92 Å². The molecule has 1 aromatic carbocycles. The molecule has 96 valence electrons. The van der Waals surface area contributed by atoms with E-state index in [1.165, 1.54) is 11.1 Å². The Morgan fingerprint density at radius 2 is 1.94 bits per heavy atom. The second-order valence-corrected chi connectivity index (χ2v) is 4.73. The fourth-order valence-corrected chi connectivity index (χ4v) is 1.95. The minimum absolute atomic E-state index is 0.0594. The van der Waals surface area contributed by atoms with Crippen molar-refractivity contribution in [3.63, 3.8) is 0 Å². The quantitative estimate of drug-likeness (QED) is 0.707. The Bertz CT molecular complexity index is 340. The second kappa shape index (κ2) is 6.15. The van der Waals surface area contributed by atoms with Crippen molar-refractivity contribution >= 4 is 0 Å². The summed E-state index contributed by atoms with van der Waals surface area (Å²) in [7, 11) is 0. The molecule has 3 nitrogen and oxygen atoms in total. The van der Waals surface area contributed by atoms with Crippen molar-refractivity contribution in [2.24, 2.45) is 0 Å². The summed E-state index contributed by atoms with van der Waals surface area (Å²) in [4.78, 5) is 0. The van der Waals surface area contributed by atoms with Crippen molar-refractivity contribution in [3.8, 4) is 0 Å². The van der Waals surface area contributed by atoms with Crippen molar-refractivity contribution in [2.45, 2.75) is 38.8 Å². The molecule has 0 amide bonds. The summed E-state index contributed by atoms with van der Waals surface area (Å²) in [5.74, 6) is 0. The Balaban J connectivity index is 2.80. The third-order valence-corrected chi connectivity index (χ3v) is 3.35. The van der Waals surface area contributed by atoms with Gasteiger partial charge in [0.25, 0.3) is 0 Å². The molecule has 0 aromatic heterocycles. The van der Waals surface area contributed by atoms with E-state index in [-0.39, 0.29) is 19.3 Å². The summed E-state index contributed by atoms with van der Waals surface area (Å²) in [5, 5.41) is 22.1. The molecule has 1 unspecified atom stereocenters. The zero-order valence-corrected chi connectivity index (χ0v) is 10.9. The van der Waals surface area contributed by atoms with Crippen LogP contribution in [0.5, 0.6) is 0 Å². The molecule has 3 N–H and O–H groups in total. The topological polar surface area (TPSA) is 52.5 Å². The van der Waals surface area contributed by atoms with Gasteiger partial charge in [-0.2, -0.15) is 0 Å². The van der Waals surface area contributed by atoms with Crippen molar-refractivity contribution in [1.29, 1.82) is 0 Å². The first-order valence-corrected chi connectivity index (χ1v) is 6.13. The van der Waals surface area contributed by atoms with Gasteiger partial charge in [0.1, 0.15) is 0 Å². The van der Waals surface area contributed by atoms with Crippen LogP contribution in [0.1, 0.15) is 37.4 Å². The van der Waals surface area contributed by atoms with E-state index < -0.39 is 5.54 Å². The molecule has 0 bridgehead atoms. The van der Waals surface area contributed by atoms with Crippen LogP contribution < -0.4 is 5.32 Å². The number of aryl methyl sites for hydroxylation is 1. The lowest BCUT2D eigenvalue weighted by Crippen LogP contribution is -2.52. The molecule has 1 rings (SSSR count). The number of rotatable bonds is 6. The van der Waals surface area contributed by atoms with Crippen LogP contribution in [0.4, 0.5) is 0 Å². The molecule has 0 aliphatic rings. The van der Waals surface area contributed by atoms with Crippen LogP contribution in [-0.2, 0) is 0 Å². The highest BCUT2D eigenvalue weighted by atomic mass is 16.3. The fraction of sp³-hybridized carbons (Fsp3) is 0.571. The molecule has 0 aliphatic carbocycles. The number of aliphatic hydroxyl groups is 2. The highest BCUT2D eigenvalue weighted by Gasteiger charge is 2.28. The van der Waals surface area contributed by atoms with Crippen molar-refractivity contribution < 1.29 is 10.2 Å². The first-order chi connectivity index (χ1) is 8.06. The normalized spacial score (nSPS) is 13.7. The number of hydrogen-bond donors (Lipinski definition) is 3. The maximum Gasteiger partial charge on any atom is 0.0650 e. The average Bonchev–Trinajstić information content (AvgIpc) is 2.36. The van der Waals surface area contributed by atoms with Crippen LogP contribution in [0.25, 0.3) is 0 Å². The van der Waals surface area contributed by atoms with E-state index >= 15 is 0 Å². The Hall–Kier alpha value is -0.900. The van der Waals surface area contributed by atoms with Gasteiger partial charge in [-0.25, -0.2) is 0 Å². The Morgan fingerprint density at radius 3 is 2.41 bits per heavy atom. The lowest BCUT2D eigenvalue weighted by Gasteiger charge is -2.33. The molecular weight excluding hydrogens is 214 g/mol. The zero-order chi connectivity index (χ0) is 12.9. The molecular formula is C14H23NO2. The number of nitrogens with one attached hydrogen (secondary N) is 1. The molecule has 0 aliphatic heterocycles. The van der Waals surface area contributed by atoms with Gasteiger partial charge in [0.2, 0.25) is 0 Å². The first kappa shape index (κ1) is 14.2. The zero-order valence-electron chi connectivity index (χ0n) is 10.9. The molecule has 1 atom stereocenters. The maximum atomic E-state index is 9.40. The van der Waals surface area contributed by atoms with E-state index in [1.807, 2.05) is 19.9 Å². The third kappa shape index (κ3) is 3.53. The molecule has 0 saturated heterocycles. The lowest BCUT2D eigenvalue weighted by atomic mass is 9.95. The van der Waals surface area contributed by atoms with Crippen molar-refractivity contribution in [2.75, 3.05) is 13.2 Å². The number of aliphatic hydroxyl groups excluding tert-OH is 2. The van der Waals surface area contributed by atoms with Crippen LogP contribution in [0.15, 0.2) is 24.3 Å². The minimum atomic E-state index is -0.594. The van der Waals surface area contributed by atoms with Gasteiger partial charge in [-0.05, 0) is 25.8 Å². The molecule has 0 saturated carbocycles. The molecule has 0 fully saturated rings. The minimum Gasteiger partial charge on any atom is -0.394 e. The monoisotopic (exact) mass is 237 g/mol. The second-order valence-electron chi connectivity index (χ2n) is 4.73. The summed E-state index contributed by atoms with van der Waals surface area (Å²) in [6, 6.07) is 8.36. The SMILES string of the molecule is CCC(CO)(CO)NC(C)c1cccc(C)c1. The summed E-state index contributed by atoms with van der Waals surface area (Å²) in [6.45, 7) is 5.95. The highest BCUT2D eigenvalue weighted by Crippen LogP contribution is 2.19. The lowest BCUT2D eigenvalue weighted by molar-refractivity contribution is 0.0793. The fourth-order valence-electron chi connectivity index (χ4n) is 1.95. The van der Waals surface area contributed by atoms with E-state index in [0.29, 0.717) is 6.42 Å². The van der Waals surface area contributed by atoms with E-state index in [4.69, 9.17) is 0 Å². The number of hydrogen-bond acceptors (Lipinski definition) is 3.